The van der Waals surface area contributed by atoms with E-state index in [4.69, 9.17) is 0 Å². The van der Waals surface area contributed by atoms with Crippen molar-refractivity contribution in [2.24, 2.45) is 5.92 Å². The number of carbonyl (C=O) groups excluding carboxylic acids is 1. The van der Waals surface area contributed by atoms with Gasteiger partial charge in [0.15, 0.2) is 5.65 Å². The number of nitrogens with one attached hydrogen (secondary N) is 1. The molecule has 0 bridgehead atoms. The highest BCUT2D eigenvalue weighted by molar-refractivity contribution is 5.81. The summed E-state index contributed by atoms with van der Waals surface area (Å²) in [5, 5.41) is 24.0. The molecule has 1 aromatic carbocycles. The van der Waals surface area contributed by atoms with E-state index in [1.54, 1.807) is 0 Å². The first-order chi connectivity index (χ1) is 24.4. The summed E-state index contributed by atoms with van der Waals surface area (Å²) in [5.74, 6) is -3.20. The van der Waals surface area contributed by atoms with Gasteiger partial charge in [-0.3, -0.25) is 13.9 Å². The van der Waals surface area contributed by atoms with Crippen LogP contribution < -0.4 is 5.32 Å². The van der Waals surface area contributed by atoms with Gasteiger partial charge < -0.3 is 10.4 Å². The van der Waals surface area contributed by atoms with Crippen LogP contribution >= 0.6 is 0 Å². The van der Waals surface area contributed by atoms with Crippen LogP contribution in [0, 0.1) is 29.4 Å². The molecule has 2 N–H and O–H groups in total. The average Bonchev–Trinajstić information content (AvgIpc) is 3.71. The standard InChI is InChI=1S/C35H29F8N7O2/c1-17-11-24-28(30(38)39)48-50(29(24)35(17,42)43)16-26(51)45-25(14-18-12-19(36)15-20(37)13-18)27-22(7-6-21(44-27)8-9-34(2,3)52)23-5-4-10-49-32(23)46-47-33(49)31(40)41/h4-7,10,12-13,15,17,25,30-31,52H,11,14,16H2,1-3H3,(H,45,51)/t17-,25+/m1/s1. The smallest absolute Gasteiger partial charge is 0.297 e. The second-order valence-electron chi connectivity index (χ2n) is 12.9. The molecule has 9 nitrogen and oxygen atoms in total. The minimum Gasteiger partial charge on any atom is -0.378 e. The number of hydrogen-bond donors (Lipinski definition) is 2. The minimum atomic E-state index is -3.58. The Labute approximate surface area is 290 Å². The first kappa shape index (κ1) is 36.4. The summed E-state index contributed by atoms with van der Waals surface area (Å²) in [6, 6.07) is 7.11. The minimum absolute atomic E-state index is 0.0181. The molecule has 1 aliphatic carbocycles. The van der Waals surface area contributed by atoms with Crippen molar-refractivity contribution in [3.8, 4) is 23.0 Å². The van der Waals surface area contributed by atoms with Crippen LogP contribution in [0.4, 0.5) is 35.1 Å². The van der Waals surface area contributed by atoms with E-state index >= 15 is 8.78 Å². The van der Waals surface area contributed by atoms with E-state index in [0.29, 0.717) is 10.7 Å². The van der Waals surface area contributed by atoms with E-state index in [1.165, 1.54) is 51.2 Å². The molecule has 1 aliphatic rings. The van der Waals surface area contributed by atoms with Crippen molar-refractivity contribution in [3.63, 3.8) is 0 Å². The number of fused-ring (bicyclic) bond motifs is 2. The summed E-state index contributed by atoms with van der Waals surface area (Å²) in [7, 11) is 0. The maximum absolute atomic E-state index is 15.2. The number of pyridine rings is 2. The highest BCUT2D eigenvalue weighted by atomic mass is 19.3. The van der Waals surface area contributed by atoms with Gasteiger partial charge in [0.05, 0.1) is 11.7 Å². The number of halogens is 8. The highest BCUT2D eigenvalue weighted by Crippen LogP contribution is 2.48. The van der Waals surface area contributed by atoms with Crippen LogP contribution in [-0.2, 0) is 30.1 Å². The Hall–Kier alpha value is -5.37. The third-order valence-corrected chi connectivity index (χ3v) is 8.42. The van der Waals surface area contributed by atoms with Gasteiger partial charge in [0, 0.05) is 34.9 Å². The monoisotopic (exact) mass is 731 g/mol. The first-order valence-electron chi connectivity index (χ1n) is 15.8. The lowest BCUT2D eigenvalue weighted by Gasteiger charge is -2.23. The first-order valence-corrected chi connectivity index (χ1v) is 15.8. The summed E-state index contributed by atoms with van der Waals surface area (Å²) in [6.45, 7) is 3.07. The fourth-order valence-corrected chi connectivity index (χ4v) is 6.15. The Kier molecular flexibility index (Phi) is 9.55. The van der Waals surface area contributed by atoms with E-state index in [0.717, 1.165) is 16.5 Å². The second-order valence-corrected chi connectivity index (χ2v) is 12.9. The number of carbonyl (C=O) groups is 1. The van der Waals surface area contributed by atoms with Crippen molar-refractivity contribution in [2.45, 2.75) is 70.6 Å². The maximum Gasteiger partial charge on any atom is 0.297 e. The predicted molar refractivity (Wildman–Crippen MR) is 169 cm³/mol. The van der Waals surface area contributed by atoms with Crippen molar-refractivity contribution in [1.29, 1.82) is 0 Å². The molecule has 2 atom stereocenters. The van der Waals surface area contributed by atoms with Crippen LogP contribution in [0.3, 0.4) is 0 Å². The van der Waals surface area contributed by atoms with Gasteiger partial charge in [-0.1, -0.05) is 12.8 Å². The summed E-state index contributed by atoms with van der Waals surface area (Å²) < 4.78 is 116. The molecule has 0 saturated carbocycles. The quantitative estimate of drug-likeness (QED) is 0.130. The van der Waals surface area contributed by atoms with Crippen LogP contribution in [0.1, 0.15) is 79.4 Å². The number of amides is 1. The van der Waals surface area contributed by atoms with Crippen LogP contribution in [-0.4, -0.2) is 46.0 Å². The summed E-state index contributed by atoms with van der Waals surface area (Å²) >= 11 is 0. The zero-order chi connectivity index (χ0) is 37.7. The van der Waals surface area contributed by atoms with Gasteiger partial charge in [0.25, 0.3) is 18.8 Å². The van der Waals surface area contributed by atoms with Crippen molar-refractivity contribution in [1.82, 2.24) is 34.7 Å². The SMILES string of the molecule is C[C@@H]1Cc2c(C(F)F)nn(CC(=O)N[C@@H](Cc3cc(F)cc(F)c3)c3nc(C#CC(C)(C)O)ccc3-c3cccn4c(C(F)F)nnc34)c2C1(F)F. The van der Waals surface area contributed by atoms with Gasteiger partial charge in [-0.15, -0.1) is 10.2 Å². The molecule has 17 heteroatoms. The molecule has 5 aromatic rings. The van der Waals surface area contributed by atoms with Crippen molar-refractivity contribution in [3.05, 3.63) is 100 Å². The number of hydrogen-bond acceptors (Lipinski definition) is 6. The van der Waals surface area contributed by atoms with Gasteiger partial charge in [-0.25, -0.2) is 31.3 Å². The molecular formula is C35H29F8N7O2. The van der Waals surface area contributed by atoms with Gasteiger partial charge in [0.1, 0.15) is 40.9 Å². The third kappa shape index (κ3) is 7.20. The Morgan fingerprint density at radius 3 is 2.40 bits per heavy atom. The average molecular weight is 732 g/mol. The topological polar surface area (TPSA) is 110 Å². The molecule has 272 valence electrons. The zero-order valence-corrected chi connectivity index (χ0v) is 27.6. The van der Waals surface area contributed by atoms with Crippen molar-refractivity contribution in [2.75, 3.05) is 0 Å². The maximum atomic E-state index is 15.2. The Morgan fingerprint density at radius 2 is 1.75 bits per heavy atom. The number of benzene rings is 1. The van der Waals surface area contributed by atoms with E-state index in [9.17, 15) is 36.2 Å². The number of nitrogens with zero attached hydrogens (tertiary/aromatic N) is 6. The van der Waals surface area contributed by atoms with Crippen molar-refractivity contribution < 1.29 is 45.0 Å². The molecule has 0 radical (unpaired) electrons. The van der Waals surface area contributed by atoms with E-state index in [1.807, 2.05) is 0 Å². The largest absolute Gasteiger partial charge is 0.378 e. The fourth-order valence-electron chi connectivity index (χ4n) is 6.15. The lowest BCUT2D eigenvalue weighted by Crippen LogP contribution is -2.35. The van der Waals surface area contributed by atoms with Crippen molar-refractivity contribution >= 4 is 11.6 Å². The molecule has 0 saturated heterocycles. The third-order valence-electron chi connectivity index (χ3n) is 8.42. The van der Waals surface area contributed by atoms with Crippen LogP contribution in [0.5, 0.6) is 0 Å². The predicted octanol–water partition coefficient (Wildman–Crippen LogP) is 6.65. The molecule has 52 heavy (non-hydrogen) atoms. The normalized spacial score (nSPS) is 15.9. The van der Waals surface area contributed by atoms with Gasteiger partial charge in [0.2, 0.25) is 11.7 Å². The molecule has 0 spiro atoms. The summed E-state index contributed by atoms with van der Waals surface area (Å²) in [5.41, 5.74) is -3.14. The number of aliphatic hydroxyl groups is 1. The number of aromatic nitrogens is 6. The van der Waals surface area contributed by atoms with Gasteiger partial charge in [-0.05, 0) is 74.6 Å². The van der Waals surface area contributed by atoms with E-state index < -0.39 is 77.6 Å². The molecule has 1 amide bonds. The lowest BCUT2D eigenvalue weighted by molar-refractivity contribution is -0.123. The highest BCUT2D eigenvalue weighted by Gasteiger charge is 2.51. The molecule has 4 heterocycles. The lowest BCUT2D eigenvalue weighted by atomic mass is 9.95. The summed E-state index contributed by atoms with van der Waals surface area (Å²) in [6.07, 6.45) is -5.64. The van der Waals surface area contributed by atoms with E-state index in [-0.39, 0.29) is 52.1 Å². The molecule has 0 aliphatic heterocycles. The number of alkyl halides is 6. The summed E-state index contributed by atoms with van der Waals surface area (Å²) in [4.78, 5) is 18.3. The van der Waals surface area contributed by atoms with Crippen LogP contribution in [0.25, 0.3) is 16.8 Å². The van der Waals surface area contributed by atoms with Gasteiger partial charge >= 0.3 is 0 Å². The molecular weight excluding hydrogens is 702 g/mol. The Balaban J connectivity index is 1.49. The fraction of sp³-hybridized carbons (Fsp3) is 0.343. The van der Waals surface area contributed by atoms with Crippen LogP contribution in [0.2, 0.25) is 0 Å². The molecule has 0 unspecified atom stereocenters. The Morgan fingerprint density at radius 1 is 1.04 bits per heavy atom. The second kappa shape index (κ2) is 13.6. The molecule has 4 aromatic heterocycles. The molecule has 6 rings (SSSR count). The van der Waals surface area contributed by atoms with E-state index in [2.05, 4.69) is 37.4 Å². The van der Waals surface area contributed by atoms with Gasteiger partial charge in [-0.2, -0.15) is 13.9 Å². The zero-order valence-electron chi connectivity index (χ0n) is 27.6. The number of rotatable bonds is 9. The molecule has 0 fully saturated rings. The van der Waals surface area contributed by atoms with Crippen LogP contribution in [0.15, 0.2) is 48.7 Å². The Bertz CT molecular complexity index is 2210.